The number of hydrogen-bond donors (Lipinski definition) is 3. The van der Waals surface area contributed by atoms with E-state index in [0.29, 0.717) is 29.4 Å². The zero-order chi connectivity index (χ0) is 20.8. The minimum Gasteiger partial charge on any atom is -0.397 e. The molecule has 0 saturated carbocycles. The molecule has 2 aromatic carbocycles. The number of aromatic nitrogens is 3. The predicted octanol–water partition coefficient (Wildman–Crippen LogP) is 3.99. The van der Waals surface area contributed by atoms with Crippen LogP contribution in [-0.4, -0.2) is 20.9 Å². The highest BCUT2D eigenvalue weighted by atomic mass is 16.1. The van der Waals surface area contributed by atoms with Crippen LogP contribution in [-0.2, 0) is 6.54 Å². The third kappa shape index (κ3) is 4.59. The quantitative estimate of drug-likeness (QED) is 0.426. The number of anilines is 3. The van der Waals surface area contributed by atoms with E-state index in [1.165, 1.54) is 0 Å². The number of benzene rings is 2. The molecule has 7 heteroatoms. The van der Waals surface area contributed by atoms with Crippen molar-refractivity contribution in [2.24, 2.45) is 0 Å². The largest absolute Gasteiger partial charge is 0.397 e. The second-order valence-corrected chi connectivity index (χ2v) is 6.57. The van der Waals surface area contributed by atoms with Crippen LogP contribution in [0.5, 0.6) is 0 Å². The molecule has 0 radical (unpaired) electrons. The predicted molar refractivity (Wildman–Crippen MR) is 118 cm³/mol. The zero-order valence-corrected chi connectivity index (χ0v) is 16.1. The van der Waals surface area contributed by atoms with Gasteiger partial charge < -0.3 is 16.4 Å². The molecular formula is C23H20N6O. The molecule has 0 atom stereocenters. The van der Waals surface area contributed by atoms with Crippen LogP contribution in [0.25, 0.3) is 11.4 Å². The number of nitrogens with two attached hydrogens (primary N) is 1. The fourth-order valence-corrected chi connectivity index (χ4v) is 2.86. The topological polar surface area (TPSA) is 106 Å². The maximum absolute atomic E-state index is 12.4. The molecule has 4 aromatic rings. The first-order valence-electron chi connectivity index (χ1n) is 9.42. The molecule has 1 amide bonds. The lowest BCUT2D eigenvalue weighted by molar-refractivity contribution is 0.102. The number of amides is 1. The van der Waals surface area contributed by atoms with Crippen molar-refractivity contribution in [2.45, 2.75) is 6.54 Å². The van der Waals surface area contributed by atoms with Gasteiger partial charge in [-0.1, -0.05) is 30.3 Å². The first-order valence-corrected chi connectivity index (χ1v) is 9.42. The molecule has 148 valence electrons. The summed E-state index contributed by atoms with van der Waals surface area (Å²) >= 11 is 0. The highest BCUT2D eigenvalue weighted by molar-refractivity contribution is 6.05. The minimum absolute atomic E-state index is 0.209. The number of rotatable bonds is 6. The summed E-state index contributed by atoms with van der Waals surface area (Å²) in [7, 11) is 0. The second kappa shape index (κ2) is 8.83. The van der Waals surface area contributed by atoms with E-state index in [4.69, 9.17) is 5.73 Å². The first kappa shape index (κ1) is 19.1. The van der Waals surface area contributed by atoms with Crippen LogP contribution in [0.15, 0.2) is 85.2 Å². The van der Waals surface area contributed by atoms with Crippen LogP contribution in [0.2, 0.25) is 0 Å². The zero-order valence-electron chi connectivity index (χ0n) is 16.1. The summed E-state index contributed by atoms with van der Waals surface area (Å²) in [5.74, 6) is 0.304. The number of para-hydroxylation sites is 2. The summed E-state index contributed by atoms with van der Waals surface area (Å²) in [6, 6.07) is 22.0. The Morgan fingerprint density at radius 3 is 2.40 bits per heavy atom. The lowest BCUT2D eigenvalue weighted by Crippen LogP contribution is -2.13. The lowest BCUT2D eigenvalue weighted by Gasteiger charge is -2.09. The van der Waals surface area contributed by atoms with E-state index in [0.717, 1.165) is 17.0 Å². The van der Waals surface area contributed by atoms with Crippen molar-refractivity contribution >= 4 is 23.2 Å². The molecule has 30 heavy (non-hydrogen) atoms. The van der Waals surface area contributed by atoms with E-state index < -0.39 is 0 Å². The fraction of sp³-hybridized carbons (Fsp3) is 0.0435. The molecule has 2 heterocycles. The first-order chi connectivity index (χ1) is 14.7. The normalized spacial score (nSPS) is 10.4. The summed E-state index contributed by atoms with van der Waals surface area (Å²) in [6.45, 7) is 0.527. The van der Waals surface area contributed by atoms with Gasteiger partial charge in [0.15, 0.2) is 0 Å². The SMILES string of the molecule is Nc1ccccc1NC(=O)c1ccc(CNc2nccc(-c3ccccn3)n2)cc1. The average Bonchev–Trinajstić information content (AvgIpc) is 2.80. The number of carbonyl (C=O) groups is 1. The van der Waals surface area contributed by atoms with Gasteiger partial charge in [0.05, 0.1) is 22.8 Å². The van der Waals surface area contributed by atoms with Gasteiger partial charge >= 0.3 is 0 Å². The van der Waals surface area contributed by atoms with E-state index in [9.17, 15) is 4.79 Å². The van der Waals surface area contributed by atoms with Crippen LogP contribution in [0.4, 0.5) is 17.3 Å². The van der Waals surface area contributed by atoms with Gasteiger partial charge in [0.2, 0.25) is 5.95 Å². The van der Waals surface area contributed by atoms with Crippen molar-refractivity contribution < 1.29 is 4.79 Å². The lowest BCUT2D eigenvalue weighted by atomic mass is 10.1. The Bertz CT molecular complexity index is 1150. The van der Waals surface area contributed by atoms with Crippen molar-refractivity contribution in [2.75, 3.05) is 16.4 Å². The Morgan fingerprint density at radius 2 is 1.63 bits per heavy atom. The van der Waals surface area contributed by atoms with Crippen molar-refractivity contribution in [1.82, 2.24) is 15.0 Å². The molecular weight excluding hydrogens is 376 g/mol. The summed E-state index contributed by atoms with van der Waals surface area (Å²) in [5.41, 5.74) is 10.1. The summed E-state index contributed by atoms with van der Waals surface area (Å²) in [5, 5.41) is 6.02. The Morgan fingerprint density at radius 1 is 0.833 bits per heavy atom. The monoisotopic (exact) mass is 396 g/mol. The van der Waals surface area contributed by atoms with Gasteiger partial charge in [0.25, 0.3) is 5.91 Å². The molecule has 0 aliphatic carbocycles. The van der Waals surface area contributed by atoms with E-state index in [2.05, 4.69) is 25.6 Å². The number of nitrogens with zero attached hydrogens (tertiary/aromatic N) is 3. The second-order valence-electron chi connectivity index (χ2n) is 6.57. The Balaban J connectivity index is 1.38. The molecule has 0 spiro atoms. The molecule has 0 aliphatic rings. The molecule has 0 aliphatic heterocycles. The Kier molecular flexibility index (Phi) is 5.61. The summed E-state index contributed by atoms with van der Waals surface area (Å²) in [6.07, 6.45) is 3.43. The van der Waals surface area contributed by atoms with E-state index >= 15 is 0 Å². The fourth-order valence-electron chi connectivity index (χ4n) is 2.86. The van der Waals surface area contributed by atoms with Gasteiger partial charge in [-0.25, -0.2) is 9.97 Å². The van der Waals surface area contributed by atoms with Gasteiger partial charge in [-0.2, -0.15) is 0 Å². The van der Waals surface area contributed by atoms with E-state index in [-0.39, 0.29) is 5.91 Å². The minimum atomic E-state index is -0.209. The summed E-state index contributed by atoms with van der Waals surface area (Å²) in [4.78, 5) is 25.5. The van der Waals surface area contributed by atoms with Gasteiger partial charge in [-0.15, -0.1) is 0 Å². The molecule has 4 rings (SSSR count). The smallest absolute Gasteiger partial charge is 0.255 e. The number of nitrogen functional groups attached to an aromatic ring is 1. The Hall–Kier alpha value is -4.26. The maximum atomic E-state index is 12.4. The number of nitrogens with one attached hydrogen (secondary N) is 2. The summed E-state index contributed by atoms with van der Waals surface area (Å²) < 4.78 is 0. The number of pyridine rings is 1. The van der Waals surface area contributed by atoms with Crippen molar-refractivity contribution in [1.29, 1.82) is 0 Å². The third-order valence-corrected chi connectivity index (χ3v) is 4.46. The van der Waals surface area contributed by atoms with Crippen LogP contribution in [0, 0.1) is 0 Å². The molecule has 0 unspecified atom stereocenters. The molecule has 0 saturated heterocycles. The average molecular weight is 396 g/mol. The van der Waals surface area contributed by atoms with Crippen molar-refractivity contribution in [3.63, 3.8) is 0 Å². The molecule has 0 fully saturated rings. The maximum Gasteiger partial charge on any atom is 0.255 e. The Labute approximate surface area is 174 Å². The molecule has 4 N–H and O–H groups in total. The van der Waals surface area contributed by atoms with Gasteiger partial charge in [0.1, 0.15) is 0 Å². The van der Waals surface area contributed by atoms with Crippen molar-refractivity contribution in [3.05, 3.63) is 96.3 Å². The molecule has 7 nitrogen and oxygen atoms in total. The van der Waals surface area contributed by atoms with E-state index in [1.807, 2.05) is 48.5 Å². The standard InChI is InChI=1S/C23H20N6O/c24-18-5-1-2-6-19(18)28-22(30)17-10-8-16(9-11-17)15-27-23-26-14-12-21(29-23)20-7-3-4-13-25-20/h1-14H,15,24H2,(H,28,30)(H,26,27,29). The number of carbonyl (C=O) groups excluding carboxylic acids is 1. The van der Waals surface area contributed by atoms with Crippen LogP contribution < -0.4 is 16.4 Å². The molecule has 2 aromatic heterocycles. The van der Waals surface area contributed by atoms with Gasteiger partial charge in [0, 0.05) is 24.5 Å². The van der Waals surface area contributed by atoms with Crippen LogP contribution in [0.3, 0.4) is 0 Å². The van der Waals surface area contributed by atoms with Gasteiger partial charge in [-0.3, -0.25) is 9.78 Å². The highest BCUT2D eigenvalue weighted by Crippen LogP contribution is 2.18. The third-order valence-electron chi connectivity index (χ3n) is 4.46. The van der Waals surface area contributed by atoms with Crippen LogP contribution >= 0.6 is 0 Å². The number of hydrogen-bond acceptors (Lipinski definition) is 6. The van der Waals surface area contributed by atoms with Crippen molar-refractivity contribution in [3.8, 4) is 11.4 Å². The highest BCUT2D eigenvalue weighted by Gasteiger charge is 2.08. The van der Waals surface area contributed by atoms with E-state index in [1.54, 1.807) is 36.7 Å². The molecule has 0 bridgehead atoms. The van der Waals surface area contributed by atoms with Gasteiger partial charge in [-0.05, 0) is 48.0 Å². The van der Waals surface area contributed by atoms with Crippen LogP contribution in [0.1, 0.15) is 15.9 Å².